The number of likely N-dealkylation sites (N-methyl/N-ethyl adjacent to an activating group) is 1. The van der Waals surface area contributed by atoms with Crippen LogP contribution in [0, 0.1) is 0 Å². The zero-order valence-corrected chi connectivity index (χ0v) is 14.8. The van der Waals surface area contributed by atoms with Crippen LogP contribution in [0.3, 0.4) is 0 Å². The Morgan fingerprint density at radius 2 is 1.88 bits per heavy atom. The van der Waals surface area contributed by atoms with E-state index in [-0.39, 0.29) is 5.56 Å². The Kier molecular flexibility index (Phi) is 4.44. The molecule has 2 aromatic carbocycles. The second kappa shape index (κ2) is 6.90. The summed E-state index contributed by atoms with van der Waals surface area (Å²) in [6.07, 6.45) is 0. The Morgan fingerprint density at radius 3 is 2.65 bits per heavy atom. The third kappa shape index (κ3) is 3.09. The van der Waals surface area contributed by atoms with Gasteiger partial charge in [-0.2, -0.15) is 5.10 Å². The van der Waals surface area contributed by atoms with E-state index in [1.54, 1.807) is 12.1 Å². The van der Waals surface area contributed by atoms with E-state index >= 15 is 0 Å². The third-order valence-electron chi connectivity index (χ3n) is 5.09. The normalized spacial score (nSPS) is 16.2. The lowest BCUT2D eigenvalue weighted by Crippen LogP contribution is -2.43. The summed E-state index contributed by atoms with van der Waals surface area (Å²) in [7, 11) is 2.15. The molecular formula is C20H22N4O2. The number of aromatic carboxylic acids is 1. The van der Waals surface area contributed by atoms with Crippen LogP contribution in [-0.4, -0.2) is 64.3 Å². The molecule has 1 aromatic heterocycles. The fourth-order valence-corrected chi connectivity index (χ4v) is 3.56. The summed E-state index contributed by atoms with van der Waals surface area (Å²) in [5, 5.41) is 17.6. The number of aromatic nitrogens is 2. The van der Waals surface area contributed by atoms with Crippen LogP contribution in [0.15, 0.2) is 42.5 Å². The van der Waals surface area contributed by atoms with Gasteiger partial charge in [0.15, 0.2) is 0 Å². The second-order valence-corrected chi connectivity index (χ2v) is 6.84. The largest absolute Gasteiger partial charge is 0.478 e. The molecule has 1 aliphatic rings. The number of carboxylic acids is 1. The number of carbonyl (C=O) groups is 1. The van der Waals surface area contributed by atoms with E-state index in [4.69, 9.17) is 0 Å². The minimum Gasteiger partial charge on any atom is -0.478 e. The first kappa shape index (κ1) is 16.8. The lowest BCUT2D eigenvalue weighted by molar-refractivity contribution is 0.0699. The topological polar surface area (TPSA) is 72.5 Å². The number of benzene rings is 2. The van der Waals surface area contributed by atoms with E-state index in [1.165, 1.54) is 5.56 Å². The molecule has 0 radical (unpaired) electrons. The van der Waals surface area contributed by atoms with Gasteiger partial charge in [-0.15, -0.1) is 0 Å². The van der Waals surface area contributed by atoms with Crippen molar-refractivity contribution in [2.45, 2.75) is 6.54 Å². The van der Waals surface area contributed by atoms with Gasteiger partial charge in [0.25, 0.3) is 0 Å². The van der Waals surface area contributed by atoms with E-state index in [0.717, 1.165) is 49.4 Å². The minimum absolute atomic E-state index is 0.224. The van der Waals surface area contributed by atoms with Crippen LogP contribution in [0.5, 0.6) is 0 Å². The molecule has 26 heavy (non-hydrogen) atoms. The molecule has 0 unspecified atom stereocenters. The first-order valence-corrected chi connectivity index (χ1v) is 8.83. The molecule has 0 spiro atoms. The first-order chi connectivity index (χ1) is 12.6. The quantitative estimate of drug-likeness (QED) is 0.757. The lowest BCUT2D eigenvalue weighted by atomic mass is 10.00. The Bertz CT molecular complexity index is 942. The van der Waals surface area contributed by atoms with Crippen molar-refractivity contribution in [2.24, 2.45) is 0 Å². The van der Waals surface area contributed by atoms with Crippen LogP contribution in [0.4, 0.5) is 0 Å². The third-order valence-corrected chi connectivity index (χ3v) is 5.09. The Hall–Kier alpha value is -2.70. The van der Waals surface area contributed by atoms with Crippen molar-refractivity contribution in [2.75, 3.05) is 33.2 Å². The van der Waals surface area contributed by atoms with Gasteiger partial charge in [-0.3, -0.25) is 10.00 Å². The maximum absolute atomic E-state index is 11.5. The average molecular weight is 350 g/mol. The number of piperazine rings is 1. The second-order valence-electron chi connectivity index (χ2n) is 6.84. The number of para-hydroxylation sites is 1. The zero-order valence-electron chi connectivity index (χ0n) is 14.8. The molecule has 0 aliphatic carbocycles. The number of hydrogen-bond acceptors (Lipinski definition) is 4. The zero-order chi connectivity index (χ0) is 18.1. The van der Waals surface area contributed by atoms with Gasteiger partial charge < -0.3 is 10.0 Å². The SMILES string of the molecule is CN1CCN(Cc2ccccc2-c2[nH]nc3c(C(=O)O)cccc23)CC1. The van der Waals surface area contributed by atoms with E-state index in [1.807, 2.05) is 12.1 Å². The highest BCUT2D eigenvalue weighted by atomic mass is 16.4. The summed E-state index contributed by atoms with van der Waals surface area (Å²) in [5.41, 5.74) is 3.92. The van der Waals surface area contributed by atoms with Crippen molar-refractivity contribution >= 4 is 16.9 Å². The van der Waals surface area contributed by atoms with Gasteiger partial charge in [0, 0.05) is 43.7 Å². The maximum Gasteiger partial charge on any atom is 0.337 e. The number of fused-ring (bicyclic) bond motifs is 1. The smallest absolute Gasteiger partial charge is 0.337 e. The van der Waals surface area contributed by atoms with Crippen LogP contribution in [0.25, 0.3) is 22.2 Å². The van der Waals surface area contributed by atoms with Crippen LogP contribution >= 0.6 is 0 Å². The maximum atomic E-state index is 11.5. The molecule has 0 bridgehead atoms. The molecule has 0 atom stereocenters. The Morgan fingerprint density at radius 1 is 1.12 bits per heavy atom. The number of hydrogen-bond donors (Lipinski definition) is 2. The summed E-state index contributed by atoms with van der Waals surface area (Å²) in [6, 6.07) is 13.6. The highest BCUT2D eigenvalue weighted by molar-refractivity contribution is 6.05. The summed E-state index contributed by atoms with van der Waals surface area (Å²) in [6.45, 7) is 5.15. The van der Waals surface area contributed by atoms with Gasteiger partial charge in [-0.1, -0.05) is 36.4 Å². The van der Waals surface area contributed by atoms with Gasteiger partial charge in [-0.25, -0.2) is 4.79 Å². The van der Waals surface area contributed by atoms with Crippen molar-refractivity contribution in [3.8, 4) is 11.3 Å². The number of nitrogens with zero attached hydrogens (tertiary/aromatic N) is 3. The Balaban J connectivity index is 1.72. The molecule has 134 valence electrons. The molecule has 1 aliphatic heterocycles. The van der Waals surface area contributed by atoms with Gasteiger partial charge in [0.2, 0.25) is 0 Å². The molecule has 1 saturated heterocycles. The number of H-pyrrole nitrogens is 1. The standard InChI is InChI=1S/C20H22N4O2/c1-23-9-11-24(12-10-23)13-14-5-2-3-6-15(14)18-16-7-4-8-17(20(25)26)19(16)22-21-18/h2-8H,9-13H2,1H3,(H,21,22)(H,25,26). The molecule has 0 amide bonds. The first-order valence-electron chi connectivity index (χ1n) is 8.83. The molecule has 6 heteroatoms. The van der Waals surface area contributed by atoms with Crippen molar-refractivity contribution in [1.29, 1.82) is 0 Å². The van der Waals surface area contributed by atoms with Crippen molar-refractivity contribution < 1.29 is 9.90 Å². The molecule has 2 heterocycles. The van der Waals surface area contributed by atoms with Crippen molar-refractivity contribution in [1.82, 2.24) is 20.0 Å². The van der Waals surface area contributed by atoms with E-state index in [2.05, 4.69) is 45.2 Å². The van der Waals surface area contributed by atoms with Crippen LogP contribution in [-0.2, 0) is 6.54 Å². The number of aromatic amines is 1. The van der Waals surface area contributed by atoms with Gasteiger partial charge >= 0.3 is 5.97 Å². The molecular weight excluding hydrogens is 328 g/mol. The van der Waals surface area contributed by atoms with Crippen molar-refractivity contribution in [3.63, 3.8) is 0 Å². The van der Waals surface area contributed by atoms with E-state index < -0.39 is 5.97 Å². The predicted molar refractivity (Wildman–Crippen MR) is 101 cm³/mol. The van der Waals surface area contributed by atoms with Crippen LogP contribution in [0.1, 0.15) is 15.9 Å². The molecule has 2 N–H and O–H groups in total. The van der Waals surface area contributed by atoms with E-state index in [0.29, 0.717) is 5.52 Å². The predicted octanol–water partition coefficient (Wildman–Crippen LogP) is 2.68. The summed E-state index contributed by atoms with van der Waals surface area (Å²) >= 11 is 0. The molecule has 6 nitrogen and oxygen atoms in total. The number of rotatable bonds is 4. The van der Waals surface area contributed by atoms with Gasteiger partial charge in [0.05, 0.1) is 11.3 Å². The van der Waals surface area contributed by atoms with Crippen molar-refractivity contribution in [3.05, 3.63) is 53.6 Å². The Labute approximate surface area is 152 Å². The molecule has 1 fully saturated rings. The fourth-order valence-electron chi connectivity index (χ4n) is 3.56. The minimum atomic E-state index is -0.959. The van der Waals surface area contributed by atoms with Gasteiger partial charge in [-0.05, 0) is 18.7 Å². The van der Waals surface area contributed by atoms with E-state index in [9.17, 15) is 9.90 Å². The number of carboxylic acid groups (broad SMARTS) is 1. The number of nitrogens with one attached hydrogen (secondary N) is 1. The summed E-state index contributed by atoms with van der Waals surface area (Å²) in [4.78, 5) is 16.3. The van der Waals surface area contributed by atoms with Crippen LogP contribution < -0.4 is 0 Å². The lowest BCUT2D eigenvalue weighted by Gasteiger charge is -2.32. The van der Waals surface area contributed by atoms with Gasteiger partial charge in [0.1, 0.15) is 5.52 Å². The monoisotopic (exact) mass is 350 g/mol. The molecule has 4 rings (SSSR count). The molecule has 0 saturated carbocycles. The van der Waals surface area contributed by atoms with Crippen LogP contribution in [0.2, 0.25) is 0 Å². The summed E-state index contributed by atoms with van der Waals surface area (Å²) < 4.78 is 0. The highest BCUT2D eigenvalue weighted by Crippen LogP contribution is 2.31. The fraction of sp³-hybridized carbons (Fsp3) is 0.300. The highest BCUT2D eigenvalue weighted by Gasteiger charge is 2.19. The molecule has 3 aromatic rings. The summed E-state index contributed by atoms with van der Waals surface area (Å²) in [5.74, 6) is -0.959. The average Bonchev–Trinajstić information content (AvgIpc) is 3.08.